The van der Waals surface area contributed by atoms with Crippen molar-refractivity contribution in [2.75, 3.05) is 4.90 Å². The standard InChI is InChI=1S/C24H16FIN2O3S/c25-17-7-11-19(12-8-17)28-23(30)20(22(29)27-24(28)32)13-16-3-1-2-4-21(16)31-14-15-5-9-18(26)10-6-15/h1-13H,14H2,(H,27,29,32)/b20-13-. The lowest BCUT2D eigenvalue weighted by Gasteiger charge is -2.29. The Hall–Kier alpha value is -3.11. The molecule has 0 unspecified atom stereocenters. The molecule has 1 aliphatic rings. The summed E-state index contributed by atoms with van der Waals surface area (Å²) in [5.41, 5.74) is 1.82. The summed E-state index contributed by atoms with van der Waals surface area (Å²) in [6, 6.07) is 20.3. The van der Waals surface area contributed by atoms with Crippen LogP contribution in [0.4, 0.5) is 10.1 Å². The van der Waals surface area contributed by atoms with Gasteiger partial charge in [-0.05, 0) is 88.9 Å². The number of hydrogen-bond donors (Lipinski definition) is 1. The third-order valence-electron chi connectivity index (χ3n) is 4.71. The van der Waals surface area contributed by atoms with E-state index in [1.54, 1.807) is 18.2 Å². The van der Waals surface area contributed by atoms with Crippen LogP contribution in [-0.4, -0.2) is 16.9 Å². The zero-order valence-corrected chi connectivity index (χ0v) is 19.5. The Morgan fingerprint density at radius 1 is 1.00 bits per heavy atom. The summed E-state index contributed by atoms with van der Waals surface area (Å²) in [5.74, 6) is -1.12. The number of halogens is 2. The van der Waals surface area contributed by atoms with Gasteiger partial charge in [-0.15, -0.1) is 0 Å². The van der Waals surface area contributed by atoms with Crippen LogP contribution in [0, 0.1) is 9.39 Å². The molecule has 0 radical (unpaired) electrons. The van der Waals surface area contributed by atoms with E-state index >= 15 is 0 Å². The van der Waals surface area contributed by atoms with Gasteiger partial charge in [0, 0.05) is 9.13 Å². The Bertz CT molecular complexity index is 1230. The average molecular weight is 558 g/mol. The lowest BCUT2D eigenvalue weighted by Crippen LogP contribution is -2.54. The zero-order chi connectivity index (χ0) is 22.7. The van der Waals surface area contributed by atoms with Crippen LogP contribution in [0.3, 0.4) is 0 Å². The van der Waals surface area contributed by atoms with E-state index in [4.69, 9.17) is 17.0 Å². The van der Waals surface area contributed by atoms with Gasteiger partial charge in [0.25, 0.3) is 11.8 Å². The van der Waals surface area contributed by atoms with Gasteiger partial charge in [0.1, 0.15) is 23.7 Å². The van der Waals surface area contributed by atoms with Gasteiger partial charge >= 0.3 is 0 Å². The van der Waals surface area contributed by atoms with E-state index in [-0.39, 0.29) is 10.7 Å². The predicted octanol–water partition coefficient (Wildman–Crippen LogP) is 4.84. The fourth-order valence-electron chi connectivity index (χ4n) is 3.11. The first-order valence-electron chi connectivity index (χ1n) is 9.55. The number of thiocarbonyl (C=S) groups is 1. The summed E-state index contributed by atoms with van der Waals surface area (Å²) in [6.45, 7) is 0.336. The molecule has 0 saturated carbocycles. The summed E-state index contributed by atoms with van der Waals surface area (Å²) >= 11 is 7.41. The number of nitrogens with one attached hydrogen (secondary N) is 1. The van der Waals surface area contributed by atoms with Crippen molar-refractivity contribution < 1.29 is 18.7 Å². The molecule has 3 aromatic carbocycles. The highest BCUT2D eigenvalue weighted by molar-refractivity contribution is 14.1. The molecule has 3 aromatic rings. The van der Waals surface area contributed by atoms with E-state index in [2.05, 4.69) is 27.9 Å². The number of carbonyl (C=O) groups excluding carboxylic acids is 2. The van der Waals surface area contributed by atoms with Crippen molar-refractivity contribution in [3.63, 3.8) is 0 Å². The summed E-state index contributed by atoms with van der Waals surface area (Å²) in [7, 11) is 0. The highest BCUT2D eigenvalue weighted by atomic mass is 127. The number of amides is 2. The van der Waals surface area contributed by atoms with Gasteiger partial charge < -0.3 is 4.74 Å². The monoisotopic (exact) mass is 558 g/mol. The molecule has 160 valence electrons. The number of anilines is 1. The molecule has 1 heterocycles. The lowest BCUT2D eigenvalue weighted by atomic mass is 10.1. The van der Waals surface area contributed by atoms with Gasteiger partial charge in [-0.25, -0.2) is 4.39 Å². The Balaban J connectivity index is 1.62. The molecule has 2 amide bonds. The van der Waals surface area contributed by atoms with Crippen LogP contribution in [0.25, 0.3) is 6.08 Å². The van der Waals surface area contributed by atoms with E-state index in [0.717, 1.165) is 14.0 Å². The van der Waals surface area contributed by atoms with Crippen LogP contribution in [0.1, 0.15) is 11.1 Å². The fraction of sp³-hybridized carbons (Fsp3) is 0.0417. The normalized spacial score (nSPS) is 15.1. The molecule has 32 heavy (non-hydrogen) atoms. The maximum Gasteiger partial charge on any atom is 0.270 e. The van der Waals surface area contributed by atoms with Crippen LogP contribution in [0.5, 0.6) is 5.75 Å². The molecular weight excluding hydrogens is 542 g/mol. The second kappa shape index (κ2) is 9.58. The Morgan fingerprint density at radius 2 is 1.69 bits per heavy atom. The van der Waals surface area contributed by atoms with Crippen LogP contribution >= 0.6 is 34.8 Å². The third-order valence-corrected chi connectivity index (χ3v) is 5.72. The number of ether oxygens (including phenoxy) is 1. The highest BCUT2D eigenvalue weighted by Gasteiger charge is 2.34. The SMILES string of the molecule is O=C1NC(=S)N(c2ccc(F)cc2)C(=O)/C1=C\c1ccccc1OCc1ccc(I)cc1. The van der Waals surface area contributed by atoms with Crippen molar-refractivity contribution in [2.45, 2.75) is 6.61 Å². The van der Waals surface area contributed by atoms with Crippen LogP contribution in [0.15, 0.2) is 78.4 Å². The molecule has 0 aliphatic carbocycles. The number of nitrogens with zero attached hydrogens (tertiary/aromatic N) is 1. The van der Waals surface area contributed by atoms with Crippen molar-refractivity contribution in [1.82, 2.24) is 5.32 Å². The molecule has 0 aromatic heterocycles. The van der Waals surface area contributed by atoms with E-state index < -0.39 is 17.6 Å². The van der Waals surface area contributed by atoms with Crippen molar-refractivity contribution in [3.8, 4) is 5.75 Å². The molecule has 0 bridgehead atoms. The molecule has 4 rings (SSSR count). The largest absolute Gasteiger partial charge is 0.488 e. The minimum absolute atomic E-state index is 0.0630. The van der Waals surface area contributed by atoms with Gasteiger partial charge in [0.05, 0.1) is 5.69 Å². The molecule has 1 N–H and O–H groups in total. The molecule has 0 atom stereocenters. The van der Waals surface area contributed by atoms with Gasteiger partial charge in [-0.2, -0.15) is 0 Å². The van der Waals surface area contributed by atoms with E-state index in [1.807, 2.05) is 30.3 Å². The van der Waals surface area contributed by atoms with Crippen molar-refractivity contribution in [3.05, 3.63) is 98.9 Å². The smallest absolute Gasteiger partial charge is 0.270 e. The van der Waals surface area contributed by atoms with Gasteiger partial charge in [0.2, 0.25) is 0 Å². The summed E-state index contributed by atoms with van der Waals surface area (Å²) in [5, 5.41) is 2.46. The maximum atomic E-state index is 13.3. The molecule has 1 saturated heterocycles. The highest BCUT2D eigenvalue weighted by Crippen LogP contribution is 2.26. The van der Waals surface area contributed by atoms with Crippen molar-refractivity contribution >= 4 is 63.5 Å². The molecule has 0 spiro atoms. The Labute approximate surface area is 203 Å². The molecular formula is C24H16FIN2O3S. The van der Waals surface area contributed by atoms with Crippen molar-refractivity contribution in [1.29, 1.82) is 0 Å². The first kappa shape index (κ1) is 22.1. The average Bonchev–Trinajstić information content (AvgIpc) is 2.78. The van der Waals surface area contributed by atoms with Crippen LogP contribution in [0.2, 0.25) is 0 Å². The summed E-state index contributed by atoms with van der Waals surface area (Å²) in [4.78, 5) is 26.9. The minimum atomic E-state index is -0.606. The number of rotatable bonds is 5. The molecule has 1 fully saturated rings. The molecule has 8 heteroatoms. The predicted molar refractivity (Wildman–Crippen MR) is 133 cm³/mol. The number of hydrogen-bond acceptors (Lipinski definition) is 4. The summed E-state index contributed by atoms with van der Waals surface area (Å²) in [6.07, 6.45) is 1.47. The second-order valence-corrected chi connectivity index (χ2v) is 8.52. The molecule has 1 aliphatic heterocycles. The van der Waals surface area contributed by atoms with Crippen LogP contribution < -0.4 is 15.0 Å². The van der Waals surface area contributed by atoms with Gasteiger partial charge in [-0.3, -0.25) is 19.8 Å². The van der Waals surface area contributed by atoms with Crippen molar-refractivity contribution in [2.24, 2.45) is 0 Å². The number of benzene rings is 3. The van der Waals surface area contributed by atoms with E-state index in [1.165, 1.54) is 30.3 Å². The third kappa shape index (κ3) is 4.86. The number of para-hydroxylation sites is 1. The van der Waals surface area contributed by atoms with E-state index in [0.29, 0.717) is 23.6 Å². The lowest BCUT2D eigenvalue weighted by molar-refractivity contribution is -0.122. The fourth-order valence-corrected chi connectivity index (χ4v) is 3.75. The minimum Gasteiger partial charge on any atom is -0.488 e. The first-order valence-corrected chi connectivity index (χ1v) is 11.0. The Kier molecular flexibility index (Phi) is 6.61. The first-order chi connectivity index (χ1) is 15.4. The van der Waals surface area contributed by atoms with Gasteiger partial charge in [-0.1, -0.05) is 30.3 Å². The zero-order valence-electron chi connectivity index (χ0n) is 16.5. The quantitative estimate of drug-likeness (QED) is 0.211. The van der Waals surface area contributed by atoms with Crippen LogP contribution in [-0.2, 0) is 16.2 Å². The second-order valence-electron chi connectivity index (χ2n) is 6.89. The Morgan fingerprint density at radius 3 is 2.41 bits per heavy atom. The van der Waals surface area contributed by atoms with Gasteiger partial charge in [0.15, 0.2) is 5.11 Å². The number of carbonyl (C=O) groups is 2. The van der Waals surface area contributed by atoms with E-state index in [9.17, 15) is 14.0 Å². The molecule has 5 nitrogen and oxygen atoms in total. The maximum absolute atomic E-state index is 13.3. The topological polar surface area (TPSA) is 58.6 Å². The summed E-state index contributed by atoms with van der Waals surface area (Å²) < 4.78 is 20.4.